The van der Waals surface area contributed by atoms with E-state index in [0.29, 0.717) is 55.6 Å². The van der Waals surface area contributed by atoms with Crippen LogP contribution in [-0.2, 0) is 0 Å². The lowest BCUT2D eigenvalue weighted by Gasteiger charge is -2.26. The highest BCUT2D eigenvalue weighted by Crippen LogP contribution is 2.49. The second-order valence-electron chi connectivity index (χ2n) is 7.45. The van der Waals surface area contributed by atoms with Crippen LogP contribution in [0.3, 0.4) is 0 Å². The number of hydrogen-bond acceptors (Lipinski definition) is 8. The molecule has 1 aliphatic heterocycles. The maximum Gasteiger partial charge on any atom is 0.344 e. The van der Waals surface area contributed by atoms with Gasteiger partial charge in [-0.15, -0.1) is 16.4 Å². The van der Waals surface area contributed by atoms with Crippen molar-refractivity contribution in [2.24, 2.45) is 0 Å². The van der Waals surface area contributed by atoms with Crippen LogP contribution < -0.4 is 10.4 Å². The highest BCUT2D eigenvalue weighted by Gasteiger charge is 2.38. The molecule has 8 nitrogen and oxygen atoms in total. The van der Waals surface area contributed by atoms with Crippen molar-refractivity contribution in [2.45, 2.75) is 5.92 Å². The van der Waals surface area contributed by atoms with Crippen molar-refractivity contribution in [3.63, 3.8) is 0 Å². The van der Waals surface area contributed by atoms with E-state index in [1.165, 1.54) is 11.3 Å². The number of halogens is 1. The van der Waals surface area contributed by atoms with Gasteiger partial charge in [0.2, 0.25) is 11.7 Å². The highest BCUT2D eigenvalue weighted by molar-refractivity contribution is 9.10. The van der Waals surface area contributed by atoms with Crippen LogP contribution in [0.5, 0.6) is 11.6 Å². The smallest absolute Gasteiger partial charge is 0.344 e. The van der Waals surface area contributed by atoms with E-state index < -0.39 is 11.5 Å². The van der Waals surface area contributed by atoms with Crippen molar-refractivity contribution in [1.82, 2.24) is 19.6 Å². The molecular weight excluding hydrogens is 508 g/mol. The van der Waals surface area contributed by atoms with Gasteiger partial charge in [0.1, 0.15) is 11.9 Å². The first-order chi connectivity index (χ1) is 16.2. The summed E-state index contributed by atoms with van der Waals surface area (Å²) >= 11 is 4.85. The first-order valence-electron chi connectivity index (χ1n) is 9.95. The zero-order valence-electron chi connectivity index (χ0n) is 16.6. The molecule has 1 atom stereocenters. The molecular formula is C23H11BrN4O4S. The summed E-state index contributed by atoms with van der Waals surface area (Å²) in [6.45, 7) is 0. The number of nitrogens with zero attached hydrogens (tertiary/aromatic N) is 4. The SMILES string of the molecule is O=c1oc2ccccc2c2c1C(c1cccs1)c1c(ncn3nc(-c4ccc(Br)o4)nc13)O2. The predicted molar refractivity (Wildman–Crippen MR) is 124 cm³/mol. The number of thiophene rings is 1. The summed E-state index contributed by atoms with van der Waals surface area (Å²) in [7, 11) is 0. The molecule has 0 amide bonds. The van der Waals surface area contributed by atoms with Gasteiger partial charge in [-0.25, -0.2) is 19.3 Å². The third kappa shape index (κ3) is 2.74. The molecule has 0 N–H and O–H groups in total. The van der Waals surface area contributed by atoms with Gasteiger partial charge >= 0.3 is 5.63 Å². The van der Waals surface area contributed by atoms with Crippen LogP contribution in [0.15, 0.2) is 78.5 Å². The molecule has 160 valence electrons. The molecule has 5 aromatic heterocycles. The standard InChI is InChI=1S/C23H11BrN4O4S/c24-15-8-7-13(30-15)20-26-21-18-16(14-6-3-9-33-14)17-19(32-22(18)25-10-28(21)27-20)11-4-1-2-5-12(11)31-23(17)29/h1-10,16H. The Hall–Kier alpha value is -3.76. The molecule has 1 aromatic carbocycles. The lowest BCUT2D eigenvalue weighted by molar-refractivity contribution is 0.423. The summed E-state index contributed by atoms with van der Waals surface area (Å²) in [5, 5.41) is 7.20. The average molecular weight is 519 g/mol. The Labute approximate surface area is 197 Å². The molecule has 0 bridgehead atoms. The Morgan fingerprint density at radius 1 is 1.03 bits per heavy atom. The Kier molecular flexibility index (Phi) is 3.91. The molecule has 10 heteroatoms. The molecule has 6 heterocycles. The Morgan fingerprint density at radius 3 is 2.76 bits per heavy atom. The minimum absolute atomic E-state index is 0.378. The van der Waals surface area contributed by atoms with Crippen LogP contribution in [0.25, 0.3) is 28.2 Å². The van der Waals surface area contributed by atoms with Crippen molar-refractivity contribution < 1.29 is 13.6 Å². The Morgan fingerprint density at radius 2 is 1.94 bits per heavy atom. The maximum absolute atomic E-state index is 13.2. The monoisotopic (exact) mass is 518 g/mol. The van der Waals surface area contributed by atoms with Crippen molar-refractivity contribution in [2.75, 3.05) is 0 Å². The number of para-hydroxylation sites is 1. The third-order valence-electron chi connectivity index (χ3n) is 5.58. The molecule has 1 aliphatic rings. The van der Waals surface area contributed by atoms with Gasteiger partial charge in [0, 0.05) is 4.88 Å². The minimum Gasteiger partial charge on any atom is -0.446 e. The summed E-state index contributed by atoms with van der Waals surface area (Å²) in [4.78, 5) is 23.4. The quantitative estimate of drug-likeness (QED) is 0.275. The van der Waals surface area contributed by atoms with E-state index in [2.05, 4.69) is 26.0 Å². The van der Waals surface area contributed by atoms with Crippen molar-refractivity contribution in [3.8, 4) is 23.2 Å². The molecule has 0 radical (unpaired) electrons. The van der Waals surface area contributed by atoms with Crippen LogP contribution in [0.2, 0.25) is 0 Å². The van der Waals surface area contributed by atoms with Crippen LogP contribution in [-0.4, -0.2) is 19.6 Å². The third-order valence-corrected chi connectivity index (χ3v) is 6.95. The topological polar surface area (TPSA) is 95.7 Å². The van der Waals surface area contributed by atoms with Gasteiger partial charge in [0.15, 0.2) is 21.8 Å². The predicted octanol–water partition coefficient (Wildman–Crippen LogP) is 5.60. The van der Waals surface area contributed by atoms with Gasteiger partial charge in [0.25, 0.3) is 0 Å². The Bertz CT molecular complexity index is 1750. The van der Waals surface area contributed by atoms with Crippen molar-refractivity contribution >= 4 is 43.9 Å². The molecule has 0 aliphatic carbocycles. The van der Waals surface area contributed by atoms with Gasteiger partial charge in [0.05, 0.1) is 22.4 Å². The van der Waals surface area contributed by atoms with Gasteiger partial charge < -0.3 is 13.6 Å². The maximum atomic E-state index is 13.2. The summed E-state index contributed by atoms with van der Waals surface area (Å²) in [5.74, 6) is 1.27. The molecule has 0 saturated carbocycles. The molecule has 1 unspecified atom stereocenters. The largest absolute Gasteiger partial charge is 0.446 e. The molecule has 6 aromatic rings. The van der Waals surface area contributed by atoms with E-state index in [0.717, 1.165) is 4.88 Å². The van der Waals surface area contributed by atoms with E-state index >= 15 is 0 Å². The fourth-order valence-electron chi connectivity index (χ4n) is 4.21. The molecule has 7 rings (SSSR count). The number of aromatic nitrogens is 4. The lowest BCUT2D eigenvalue weighted by Crippen LogP contribution is -2.21. The number of benzene rings is 1. The van der Waals surface area contributed by atoms with Crippen molar-refractivity contribution in [3.05, 3.63) is 91.3 Å². The zero-order chi connectivity index (χ0) is 22.1. The van der Waals surface area contributed by atoms with Crippen LogP contribution >= 0.6 is 27.3 Å². The molecule has 0 fully saturated rings. The second kappa shape index (κ2) is 6.87. The van der Waals surface area contributed by atoms with E-state index in [4.69, 9.17) is 18.6 Å². The molecule has 0 saturated heterocycles. The molecule has 0 spiro atoms. The number of ether oxygens (including phenoxy) is 1. The van der Waals surface area contributed by atoms with Gasteiger partial charge in [-0.3, -0.25) is 0 Å². The average Bonchev–Trinajstić information content (AvgIpc) is 3.58. The number of rotatable bonds is 2. The van der Waals surface area contributed by atoms with Gasteiger partial charge in [-0.2, -0.15) is 0 Å². The zero-order valence-corrected chi connectivity index (χ0v) is 19.0. The summed E-state index contributed by atoms with van der Waals surface area (Å²) in [6, 6.07) is 14.8. The minimum atomic E-state index is -0.471. The first-order valence-corrected chi connectivity index (χ1v) is 11.6. The van der Waals surface area contributed by atoms with Gasteiger partial charge in [-0.05, 0) is 51.6 Å². The second-order valence-corrected chi connectivity index (χ2v) is 9.21. The fraction of sp³-hybridized carbons (Fsp3) is 0.0435. The number of furan rings is 1. The summed E-state index contributed by atoms with van der Waals surface area (Å²) < 4.78 is 19.7. The van der Waals surface area contributed by atoms with E-state index in [1.807, 2.05) is 35.7 Å². The van der Waals surface area contributed by atoms with Crippen LogP contribution in [0.4, 0.5) is 0 Å². The lowest BCUT2D eigenvalue weighted by atomic mass is 9.88. The van der Waals surface area contributed by atoms with Crippen LogP contribution in [0.1, 0.15) is 21.9 Å². The normalized spacial score (nSPS) is 14.9. The van der Waals surface area contributed by atoms with Crippen LogP contribution in [0, 0.1) is 0 Å². The number of hydrogen-bond donors (Lipinski definition) is 0. The van der Waals surface area contributed by atoms with E-state index in [-0.39, 0.29) is 0 Å². The Balaban J connectivity index is 1.55. The first kappa shape index (κ1) is 18.8. The fourth-order valence-corrected chi connectivity index (χ4v) is 5.36. The number of fused-ring (bicyclic) bond motifs is 6. The summed E-state index contributed by atoms with van der Waals surface area (Å²) in [6.07, 6.45) is 1.55. The van der Waals surface area contributed by atoms with E-state index in [9.17, 15) is 4.79 Å². The molecule has 33 heavy (non-hydrogen) atoms. The highest BCUT2D eigenvalue weighted by atomic mass is 79.9. The summed E-state index contributed by atoms with van der Waals surface area (Å²) in [5.41, 5.74) is 1.61. The van der Waals surface area contributed by atoms with Crippen molar-refractivity contribution in [1.29, 1.82) is 0 Å². The van der Waals surface area contributed by atoms with Gasteiger partial charge in [-0.1, -0.05) is 18.2 Å². The van der Waals surface area contributed by atoms with E-state index in [1.54, 1.807) is 29.0 Å².